The summed E-state index contributed by atoms with van der Waals surface area (Å²) in [5.74, 6) is -1.63. The number of halogens is 1. The van der Waals surface area contributed by atoms with E-state index in [0.717, 1.165) is 74.6 Å². The summed E-state index contributed by atoms with van der Waals surface area (Å²) in [4.78, 5) is 74.0. The number of aromatic nitrogens is 2. The fraction of sp³-hybridized carbons (Fsp3) is 0.409. The molecular weight excluding hydrogens is 770 g/mol. The summed E-state index contributed by atoms with van der Waals surface area (Å²) in [6.45, 7) is 6.31. The van der Waals surface area contributed by atoms with E-state index in [1.807, 2.05) is 54.6 Å². The van der Waals surface area contributed by atoms with E-state index in [-0.39, 0.29) is 54.4 Å². The first-order valence-electron chi connectivity index (χ1n) is 20.7. The standard InChI is InChI=1S/C44H48FN9O6/c1-60-39(27-5-3-2-4-6-27)44(59)53-24-34-35(26-53)48-49-40(34)47-41(56)28-7-10-30(11-8-28)51-17-15-31(16-18-51)52-21-19-50(20-22-52)23-29-9-12-32-33(38(29)45)25-54(43(32)58)36-13-14-37(55)46-42(36)57/h2-12,31,36,39H,13-26H2,1H3,(H,46,55,57)(H2,47,48,49,56)/t36?,39-/m1/s1. The summed E-state index contributed by atoms with van der Waals surface area (Å²) in [7, 11) is 1.52. The Kier molecular flexibility index (Phi) is 10.9. The Morgan fingerprint density at radius 1 is 0.883 bits per heavy atom. The molecule has 0 spiro atoms. The molecular formula is C44H48FN9O6. The van der Waals surface area contributed by atoms with E-state index < -0.39 is 18.1 Å². The number of H-pyrrole nitrogens is 1. The van der Waals surface area contributed by atoms with E-state index in [2.05, 4.69) is 35.5 Å². The van der Waals surface area contributed by atoms with Gasteiger partial charge in [0.1, 0.15) is 11.9 Å². The van der Waals surface area contributed by atoms with Gasteiger partial charge >= 0.3 is 0 Å². The first kappa shape index (κ1) is 39.5. The summed E-state index contributed by atoms with van der Waals surface area (Å²) in [5, 5.41) is 12.5. The lowest BCUT2D eigenvalue weighted by Crippen LogP contribution is -2.53. The van der Waals surface area contributed by atoms with E-state index in [9.17, 15) is 24.0 Å². The predicted octanol–water partition coefficient (Wildman–Crippen LogP) is 3.58. The molecule has 5 aliphatic heterocycles. The molecule has 4 aromatic rings. The van der Waals surface area contributed by atoms with Crippen LogP contribution in [0.5, 0.6) is 0 Å². The van der Waals surface area contributed by atoms with Gasteiger partial charge in [-0.15, -0.1) is 0 Å². The van der Waals surface area contributed by atoms with Crippen LogP contribution in [-0.4, -0.2) is 118 Å². The van der Waals surface area contributed by atoms with Gasteiger partial charge in [-0.05, 0) is 55.2 Å². The molecule has 0 aliphatic carbocycles. The number of carbonyl (C=O) groups is 5. The number of carbonyl (C=O) groups excluding carboxylic acids is 5. The number of anilines is 2. The van der Waals surface area contributed by atoms with Crippen LogP contribution in [0.1, 0.15) is 80.5 Å². The zero-order valence-electron chi connectivity index (χ0n) is 33.5. The van der Waals surface area contributed by atoms with Crippen molar-refractivity contribution in [1.82, 2.24) is 35.1 Å². The average molecular weight is 818 g/mol. The van der Waals surface area contributed by atoms with Crippen LogP contribution in [0, 0.1) is 5.82 Å². The normalized spacial score (nSPS) is 20.6. The number of benzene rings is 3. The van der Waals surface area contributed by atoms with Gasteiger partial charge in [0.25, 0.3) is 17.7 Å². The van der Waals surface area contributed by atoms with Gasteiger partial charge in [0.15, 0.2) is 11.9 Å². The Morgan fingerprint density at radius 2 is 1.63 bits per heavy atom. The Morgan fingerprint density at radius 3 is 2.35 bits per heavy atom. The van der Waals surface area contributed by atoms with Crippen molar-refractivity contribution < 1.29 is 33.1 Å². The van der Waals surface area contributed by atoms with Crippen molar-refractivity contribution in [2.45, 2.75) is 70.0 Å². The highest BCUT2D eigenvalue weighted by Gasteiger charge is 2.41. The number of imide groups is 1. The van der Waals surface area contributed by atoms with Crippen molar-refractivity contribution in [3.05, 3.63) is 112 Å². The molecule has 15 nitrogen and oxygen atoms in total. The SMILES string of the molecule is CO[C@@H](C(=O)N1Cc2[nH]nc(NC(=O)c3ccc(N4CCC(N5CCN(Cc6ccc7c(c6F)CN(C6CCC(=O)NC6=O)C7=O)CC5)CC4)cc3)c2C1)c1ccccc1. The van der Waals surface area contributed by atoms with E-state index in [1.165, 1.54) is 12.0 Å². The van der Waals surface area contributed by atoms with Gasteiger partial charge in [0.2, 0.25) is 11.8 Å². The Hall–Kier alpha value is -5.97. The van der Waals surface area contributed by atoms with Crippen molar-refractivity contribution in [3.8, 4) is 0 Å². The molecule has 3 aromatic carbocycles. The maximum absolute atomic E-state index is 15.8. The molecule has 2 atom stereocenters. The fourth-order valence-electron chi connectivity index (χ4n) is 9.37. The lowest BCUT2D eigenvalue weighted by atomic mass is 10.0. The van der Waals surface area contributed by atoms with Crippen LogP contribution in [0.2, 0.25) is 0 Å². The number of methoxy groups -OCH3 is 1. The molecule has 1 unspecified atom stereocenters. The summed E-state index contributed by atoms with van der Waals surface area (Å²) in [6.07, 6.45) is 1.70. The van der Waals surface area contributed by atoms with Gasteiger partial charge in [-0.3, -0.25) is 44.2 Å². The average Bonchev–Trinajstić information content (AvgIpc) is 3.97. The monoisotopic (exact) mass is 817 g/mol. The second-order valence-corrected chi connectivity index (χ2v) is 16.2. The maximum atomic E-state index is 15.8. The first-order valence-corrected chi connectivity index (χ1v) is 20.7. The van der Waals surface area contributed by atoms with Crippen LogP contribution in [0.4, 0.5) is 15.9 Å². The molecule has 3 saturated heterocycles. The van der Waals surface area contributed by atoms with Crippen molar-refractivity contribution in [2.24, 2.45) is 0 Å². The van der Waals surface area contributed by atoms with Crippen molar-refractivity contribution in [3.63, 3.8) is 0 Å². The molecule has 1 aromatic heterocycles. The van der Waals surface area contributed by atoms with Crippen molar-refractivity contribution in [2.75, 3.05) is 56.6 Å². The third kappa shape index (κ3) is 7.66. The lowest BCUT2D eigenvalue weighted by molar-refractivity contribution is -0.143. The van der Waals surface area contributed by atoms with Gasteiger partial charge in [-0.1, -0.05) is 36.4 Å². The van der Waals surface area contributed by atoms with E-state index in [1.54, 1.807) is 17.0 Å². The van der Waals surface area contributed by atoms with Crippen LogP contribution >= 0.6 is 0 Å². The Bertz CT molecular complexity index is 2300. The number of nitrogens with one attached hydrogen (secondary N) is 3. The smallest absolute Gasteiger partial charge is 0.256 e. The third-order valence-electron chi connectivity index (χ3n) is 12.8. The van der Waals surface area contributed by atoms with Gasteiger partial charge in [-0.25, -0.2) is 4.39 Å². The van der Waals surface area contributed by atoms with E-state index in [0.29, 0.717) is 48.2 Å². The number of nitrogens with zero attached hydrogens (tertiary/aromatic N) is 6. The Labute approximate surface area is 346 Å². The third-order valence-corrected chi connectivity index (χ3v) is 12.8. The summed E-state index contributed by atoms with van der Waals surface area (Å²) in [5.41, 5.74) is 5.09. The van der Waals surface area contributed by atoms with Crippen molar-refractivity contribution in [1.29, 1.82) is 0 Å². The molecule has 3 fully saturated rings. The molecule has 0 saturated carbocycles. The quantitative estimate of drug-likeness (QED) is 0.202. The molecule has 60 heavy (non-hydrogen) atoms. The summed E-state index contributed by atoms with van der Waals surface area (Å²) < 4.78 is 21.4. The van der Waals surface area contributed by atoms with Crippen LogP contribution in [0.3, 0.4) is 0 Å². The number of piperazine rings is 1. The Balaban J connectivity index is 0.730. The molecule has 5 aliphatic rings. The number of amides is 5. The fourth-order valence-corrected chi connectivity index (χ4v) is 9.37. The highest BCUT2D eigenvalue weighted by molar-refractivity contribution is 6.06. The highest BCUT2D eigenvalue weighted by Crippen LogP contribution is 2.33. The number of fused-ring (bicyclic) bond motifs is 2. The molecule has 9 rings (SSSR count). The maximum Gasteiger partial charge on any atom is 0.256 e. The topological polar surface area (TPSA) is 164 Å². The molecule has 0 radical (unpaired) electrons. The largest absolute Gasteiger partial charge is 0.371 e. The molecule has 6 heterocycles. The molecule has 16 heteroatoms. The zero-order chi connectivity index (χ0) is 41.5. The number of hydrogen-bond donors (Lipinski definition) is 3. The minimum atomic E-state index is -0.773. The van der Waals surface area contributed by atoms with Crippen LogP contribution < -0.4 is 15.5 Å². The number of piperidine rings is 2. The highest BCUT2D eigenvalue weighted by atomic mass is 19.1. The number of aromatic amines is 1. The summed E-state index contributed by atoms with van der Waals surface area (Å²) in [6, 6.07) is 20.0. The number of ether oxygens (including phenoxy) is 1. The number of rotatable bonds is 10. The minimum Gasteiger partial charge on any atom is -0.371 e. The van der Waals surface area contributed by atoms with Crippen molar-refractivity contribution >= 4 is 41.0 Å². The van der Waals surface area contributed by atoms with Crippen LogP contribution in [-0.2, 0) is 45.3 Å². The second kappa shape index (κ2) is 16.6. The molecule has 0 bridgehead atoms. The van der Waals surface area contributed by atoms with Gasteiger partial charge in [0.05, 0.1) is 25.3 Å². The minimum absolute atomic E-state index is 0.0242. The number of hydrogen-bond acceptors (Lipinski definition) is 10. The molecule has 5 amide bonds. The first-order chi connectivity index (χ1) is 29.1. The van der Waals surface area contributed by atoms with E-state index >= 15 is 4.39 Å². The molecule has 312 valence electrons. The lowest BCUT2D eigenvalue weighted by Gasteiger charge is -2.43. The van der Waals surface area contributed by atoms with Gasteiger partial charge in [0, 0.05) is 98.9 Å². The second-order valence-electron chi connectivity index (χ2n) is 16.2. The van der Waals surface area contributed by atoms with E-state index in [4.69, 9.17) is 4.74 Å². The summed E-state index contributed by atoms with van der Waals surface area (Å²) >= 11 is 0. The molecule has 3 N–H and O–H groups in total. The van der Waals surface area contributed by atoms with Gasteiger partial charge < -0.3 is 24.8 Å². The zero-order valence-corrected chi connectivity index (χ0v) is 33.5. The van der Waals surface area contributed by atoms with Crippen LogP contribution in [0.25, 0.3) is 0 Å². The predicted molar refractivity (Wildman–Crippen MR) is 218 cm³/mol. The van der Waals surface area contributed by atoms with Gasteiger partial charge in [-0.2, -0.15) is 5.10 Å². The van der Waals surface area contributed by atoms with Crippen LogP contribution in [0.15, 0.2) is 66.7 Å².